The Morgan fingerprint density at radius 2 is 1.52 bits per heavy atom. The van der Waals surface area contributed by atoms with E-state index in [0.29, 0.717) is 6.42 Å². The first-order chi connectivity index (χ1) is 14.3. The minimum absolute atomic E-state index is 0.0171. The molecule has 0 spiro atoms. The number of ether oxygens (including phenoxy) is 4. The van der Waals surface area contributed by atoms with E-state index in [-0.39, 0.29) is 43.2 Å². The smallest absolute Gasteiger partial charge is 0.157 e. The summed E-state index contributed by atoms with van der Waals surface area (Å²) < 4.78 is 24.3. The molecule has 29 heavy (non-hydrogen) atoms. The first-order valence-electron chi connectivity index (χ1n) is 11.6. The van der Waals surface area contributed by atoms with Crippen LogP contribution in [0.15, 0.2) is 12.2 Å². The molecule has 0 amide bonds. The van der Waals surface area contributed by atoms with Crippen molar-refractivity contribution in [2.45, 2.75) is 95.4 Å². The average molecular weight is 411 g/mol. The maximum Gasteiger partial charge on any atom is 0.157 e. The van der Waals surface area contributed by atoms with Crippen molar-refractivity contribution in [2.75, 3.05) is 19.8 Å². The summed E-state index contributed by atoms with van der Waals surface area (Å²) in [6.07, 6.45) is 15.3. The standard InChI is InChI=1S/C23H38O6/c24-13-7-3-1-2-4-10-18-19(17-25)21(29-23-12-6-9-15-27-23)16-20(18)28-22-11-5-8-14-26-22/h2,4,13,18-23,25H,1,3,5-12,14-17H2/b4-2-/t18-,19-,20+,21-,22?,23?/m1/s1. The molecule has 2 aliphatic heterocycles. The number of hydrogen-bond acceptors (Lipinski definition) is 6. The van der Waals surface area contributed by atoms with Crippen molar-refractivity contribution < 1.29 is 28.8 Å². The molecule has 0 aromatic rings. The van der Waals surface area contributed by atoms with Crippen LogP contribution in [0.4, 0.5) is 0 Å². The number of aliphatic hydroxyl groups is 1. The SMILES string of the molecule is O=CCCC/C=C\C[C@@H]1[C@@H](CO)[C@H](OC2CCCCO2)C[C@@H]1OC1CCCCO1. The molecule has 2 unspecified atom stereocenters. The molecule has 0 aromatic heterocycles. The summed E-state index contributed by atoms with van der Waals surface area (Å²) in [4.78, 5) is 10.5. The molecule has 1 saturated carbocycles. The largest absolute Gasteiger partial charge is 0.396 e. The van der Waals surface area contributed by atoms with Gasteiger partial charge in [-0.3, -0.25) is 0 Å². The molecule has 6 heteroatoms. The van der Waals surface area contributed by atoms with E-state index in [2.05, 4.69) is 12.2 Å². The first-order valence-corrected chi connectivity index (χ1v) is 11.6. The van der Waals surface area contributed by atoms with Crippen LogP contribution in [-0.4, -0.2) is 56.0 Å². The van der Waals surface area contributed by atoms with Crippen LogP contribution < -0.4 is 0 Å². The molecule has 0 bridgehead atoms. The zero-order valence-corrected chi connectivity index (χ0v) is 17.6. The number of allylic oxidation sites excluding steroid dienone is 2. The van der Waals surface area contributed by atoms with Crippen molar-refractivity contribution in [3.63, 3.8) is 0 Å². The van der Waals surface area contributed by atoms with Crippen molar-refractivity contribution in [3.8, 4) is 0 Å². The fourth-order valence-electron chi connectivity index (χ4n) is 4.74. The highest BCUT2D eigenvalue weighted by Crippen LogP contribution is 2.41. The van der Waals surface area contributed by atoms with Crippen LogP contribution in [0.25, 0.3) is 0 Å². The monoisotopic (exact) mass is 410 g/mol. The van der Waals surface area contributed by atoms with Gasteiger partial charge in [-0.15, -0.1) is 0 Å². The Morgan fingerprint density at radius 3 is 2.07 bits per heavy atom. The van der Waals surface area contributed by atoms with Crippen LogP contribution in [0, 0.1) is 11.8 Å². The van der Waals surface area contributed by atoms with Crippen LogP contribution in [-0.2, 0) is 23.7 Å². The molecule has 3 aliphatic rings. The molecule has 1 aliphatic carbocycles. The van der Waals surface area contributed by atoms with Gasteiger partial charge in [-0.2, -0.15) is 0 Å². The summed E-state index contributed by atoms with van der Waals surface area (Å²) in [5.41, 5.74) is 0. The normalized spacial score (nSPS) is 35.9. The molecule has 0 aromatic carbocycles. The second kappa shape index (κ2) is 12.8. The van der Waals surface area contributed by atoms with E-state index in [4.69, 9.17) is 18.9 Å². The van der Waals surface area contributed by atoms with E-state index in [9.17, 15) is 9.90 Å². The maximum atomic E-state index is 10.5. The van der Waals surface area contributed by atoms with Crippen molar-refractivity contribution in [3.05, 3.63) is 12.2 Å². The molecular weight excluding hydrogens is 372 g/mol. The van der Waals surface area contributed by atoms with Gasteiger partial charge in [0.25, 0.3) is 0 Å². The maximum absolute atomic E-state index is 10.5. The lowest BCUT2D eigenvalue weighted by Crippen LogP contribution is -2.33. The minimum Gasteiger partial charge on any atom is -0.396 e. The highest BCUT2D eigenvalue weighted by atomic mass is 16.7. The van der Waals surface area contributed by atoms with Gasteiger partial charge in [-0.05, 0) is 63.7 Å². The van der Waals surface area contributed by atoms with Gasteiger partial charge in [-0.1, -0.05) is 12.2 Å². The number of carbonyl (C=O) groups is 1. The number of carbonyl (C=O) groups excluding carboxylic acids is 1. The topological polar surface area (TPSA) is 74.2 Å². The molecule has 1 N–H and O–H groups in total. The van der Waals surface area contributed by atoms with Gasteiger partial charge in [0.1, 0.15) is 6.29 Å². The van der Waals surface area contributed by atoms with E-state index >= 15 is 0 Å². The van der Waals surface area contributed by atoms with E-state index in [0.717, 1.165) is 83.7 Å². The summed E-state index contributed by atoms with van der Waals surface area (Å²) in [7, 11) is 0. The van der Waals surface area contributed by atoms with Gasteiger partial charge < -0.3 is 28.8 Å². The molecule has 3 rings (SSSR count). The van der Waals surface area contributed by atoms with Crippen LogP contribution >= 0.6 is 0 Å². The summed E-state index contributed by atoms with van der Waals surface area (Å²) in [6, 6.07) is 0. The molecule has 0 radical (unpaired) electrons. The van der Waals surface area contributed by atoms with Crippen LogP contribution in [0.1, 0.15) is 70.6 Å². The highest BCUT2D eigenvalue weighted by Gasteiger charge is 2.45. The van der Waals surface area contributed by atoms with Crippen molar-refractivity contribution in [1.82, 2.24) is 0 Å². The van der Waals surface area contributed by atoms with Crippen molar-refractivity contribution >= 4 is 6.29 Å². The van der Waals surface area contributed by atoms with Gasteiger partial charge in [-0.25, -0.2) is 0 Å². The zero-order valence-electron chi connectivity index (χ0n) is 17.6. The van der Waals surface area contributed by atoms with Crippen LogP contribution in [0.5, 0.6) is 0 Å². The zero-order chi connectivity index (χ0) is 20.3. The Bertz CT molecular complexity index is 484. The predicted molar refractivity (Wildman–Crippen MR) is 109 cm³/mol. The number of aldehydes is 1. The summed E-state index contributed by atoms with van der Waals surface area (Å²) in [6.45, 7) is 1.61. The second-order valence-electron chi connectivity index (χ2n) is 8.49. The molecule has 2 saturated heterocycles. The molecule has 2 heterocycles. The van der Waals surface area contributed by atoms with Gasteiger partial charge in [0.2, 0.25) is 0 Å². The Labute approximate surface area is 174 Å². The van der Waals surface area contributed by atoms with Crippen molar-refractivity contribution in [1.29, 1.82) is 0 Å². The van der Waals surface area contributed by atoms with Crippen LogP contribution in [0.2, 0.25) is 0 Å². The Kier molecular flexibility index (Phi) is 10.1. The van der Waals surface area contributed by atoms with Gasteiger partial charge in [0.15, 0.2) is 12.6 Å². The fraction of sp³-hybridized carbons (Fsp3) is 0.870. The number of aliphatic hydroxyl groups excluding tert-OH is 1. The summed E-state index contributed by atoms with van der Waals surface area (Å²) >= 11 is 0. The molecule has 166 valence electrons. The quantitative estimate of drug-likeness (QED) is 0.318. The van der Waals surface area contributed by atoms with Gasteiger partial charge in [0, 0.05) is 38.6 Å². The molecule has 3 fully saturated rings. The third-order valence-electron chi connectivity index (χ3n) is 6.38. The number of unbranched alkanes of at least 4 members (excludes halogenated alkanes) is 2. The lowest BCUT2D eigenvalue weighted by Gasteiger charge is -2.30. The van der Waals surface area contributed by atoms with E-state index in [1.54, 1.807) is 0 Å². The second-order valence-corrected chi connectivity index (χ2v) is 8.49. The fourth-order valence-corrected chi connectivity index (χ4v) is 4.74. The predicted octanol–water partition coefficient (Wildman–Crippen LogP) is 3.75. The molecule has 6 atom stereocenters. The summed E-state index contributed by atoms with van der Waals surface area (Å²) in [5.74, 6) is 0.232. The minimum atomic E-state index is -0.160. The Morgan fingerprint density at radius 1 is 0.862 bits per heavy atom. The molecule has 6 nitrogen and oxygen atoms in total. The number of rotatable bonds is 11. The summed E-state index contributed by atoms with van der Waals surface area (Å²) in [5, 5.41) is 10.2. The third-order valence-corrected chi connectivity index (χ3v) is 6.38. The Hall–Kier alpha value is -0.790. The lowest BCUT2D eigenvalue weighted by molar-refractivity contribution is -0.204. The third kappa shape index (κ3) is 7.14. The van der Waals surface area contributed by atoms with E-state index in [1.165, 1.54) is 0 Å². The lowest BCUT2D eigenvalue weighted by atomic mass is 9.90. The van der Waals surface area contributed by atoms with Gasteiger partial charge >= 0.3 is 0 Å². The van der Waals surface area contributed by atoms with Gasteiger partial charge in [0.05, 0.1) is 12.2 Å². The Balaban J connectivity index is 1.60. The van der Waals surface area contributed by atoms with E-state index < -0.39 is 0 Å². The average Bonchev–Trinajstić information content (AvgIpc) is 3.07. The molecular formula is C23H38O6. The number of hydrogen-bond donors (Lipinski definition) is 1. The highest BCUT2D eigenvalue weighted by molar-refractivity contribution is 5.49. The van der Waals surface area contributed by atoms with Crippen LogP contribution in [0.3, 0.4) is 0 Å². The van der Waals surface area contributed by atoms with Crippen molar-refractivity contribution in [2.24, 2.45) is 11.8 Å². The van der Waals surface area contributed by atoms with E-state index in [1.807, 2.05) is 0 Å². The first kappa shape index (κ1) is 22.9.